The molecule has 2 heterocycles. The van der Waals surface area contributed by atoms with Crippen molar-refractivity contribution in [3.8, 4) is 0 Å². The Balaban J connectivity index is 1.83. The summed E-state index contributed by atoms with van der Waals surface area (Å²) in [5.41, 5.74) is 6.88. The first-order valence-electron chi connectivity index (χ1n) is 11.1. The molecule has 0 aromatic heterocycles. The molecule has 1 aromatic carbocycles. The molecule has 0 unspecified atom stereocenters. The Morgan fingerprint density at radius 3 is 2.50 bits per heavy atom. The van der Waals surface area contributed by atoms with Gasteiger partial charge in [-0.15, -0.1) is 0 Å². The normalized spacial score (nSPS) is 19.3. The minimum atomic E-state index is -4.05. The monoisotopic (exact) mass is 467 g/mol. The Bertz CT molecular complexity index is 931. The van der Waals surface area contributed by atoms with Gasteiger partial charge in [-0.3, -0.25) is 9.59 Å². The topological polar surface area (TPSA) is 125 Å². The average Bonchev–Trinajstić information content (AvgIpc) is 2.82. The number of rotatable bonds is 8. The van der Waals surface area contributed by atoms with Crippen molar-refractivity contribution in [1.29, 1.82) is 0 Å². The van der Waals surface area contributed by atoms with Crippen molar-refractivity contribution in [2.45, 2.75) is 31.2 Å². The lowest BCUT2D eigenvalue weighted by atomic mass is 10.1. The second-order valence-corrected chi connectivity index (χ2v) is 9.56. The number of morpholine rings is 1. The lowest BCUT2D eigenvalue weighted by Gasteiger charge is -2.35. The van der Waals surface area contributed by atoms with Crippen LogP contribution in [0.4, 0.5) is 5.69 Å². The molecule has 1 atom stereocenters. The first-order valence-corrected chi connectivity index (χ1v) is 12.5. The minimum Gasteiger partial charge on any atom is -0.370 e. The number of likely N-dealkylation sites (N-methyl/N-ethyl adjacent to an activating group) is 1. The first kappa shape index (κ1) is 24.6. The fourth-order valence-electron chi connectivity index (χ4n) is 4.14. The Hall–Kier alpha value is -2.05. The van der Waals surface area contributed by atoms with Crippen LogP contribution >= 0.6 is 0 Å². The number of benzene rings is 1. The number of carbonyl (C=O) groups excluding carboxylic acids is 2. The van der Waals surface area contributed by atoms with Gasteiger partial charge in [-0.25, -0.2) is 8.42 Å². The molecule has 11 heteroatoms. The summed E-state index contributed by atoms with van der Waals surface area (Å²) in [5, 5.41) is 0. The van der Waals surface area contributed by atoms with Crippen molar-refractivity contribution >= 4 is 27.5 Å². The number of hydrogen-bond acceptors (Lipinski definition) is 7. The van der Waals surface area contributed by atoms with E-state index in [1.807, 2.05) is 6.92 Å². The molecule has 0 aliphatic carbocycles. The number of nitrogens with two attached hydrogens (primary N) is 1. The van der Waals surface area contributed by atoms with Crippen LogP contribution in [-0.2, 0) is 30.8 Å². The van der Waals surface area contributed by atoms with Crippen LogP contribution in [-0.4, -0.2) is 95.1 Å². The molecule has 2 fully saturated rings. The number of piperazine rings is 1. The van der Waals surface area contributed by atoms with Crippen LogP contribution in [0, 0.1) is 0 Å². The van der Waals surface area contributed by atoms with Crippen molar-refractivity contribution in [3.05, 3.63) is 23.8 Å². The predicted octanol–water partition coefficient (Wildman–Crippen LogP) is -0.618. The highest BCUT2D eigenvalue weighted by atomic mass is 32.2. The quantitative estimate of drug-likeness (QED) is 0.522. The zero-order chi connectivity index (χ0) is 23.3. The van der Waals surface area contributed by atoms with Crippen molar-refractivity contribution in [3.63, 3.8) is 0 Å². The summed E-state index contributed by atoms with van der Waals surface area (Å²) in [6.45, 7) is 7.97. The largest absolute Gasteiger partial charge is 0.370 e. The highest BCUT2D eigenvalue weighted by Gasteiger charge is 2.32. The van der Waals surface area contributed by atoms with Gasteiger partial charge in [0.2, 0.25) is 15.9 Å². The highest BCUT2D eigenvalue weighted by molar-refractivity contribution is 7.89. The van der Waals surface area contributed by atoms with Crippen LogP contribution in [0.3, 0.4) is 0 Å². The molecule has 2 amide bonds. The second-order valence-electron chi connectivity index (χ2n) is 7.87. The van der Waals surface area contributed by atoms with Crippen LogP contribution in [0.5, 0.6) is 0 Å². The van der Waals surface area contributed by atoms with E-state index < -0.39 is 16.1 Å². The summed E-state index contributed by atoms with van der Waals surface area (Å²) in [7, 11) is -4.05. The maximum absolute atomic E-state index is 13.3. The number of carbonyl (C=O) groups is 2. The third kappa shape index (κ3) is 5.29. The molecule has 0 bridgehead atoms. The molecule has 3 N–H and O–H groups in total. The van der Waals surface area contributed by atoms with Crippen molar-refractivity contribution < 1.29 is 22.7 Å². The standard InChI is InChI=1S/C21H33N5O5S/c1-3-16-18(26-12-13-31-15-20(26)27)6-5-7-19(16)32(29,30)23-17(14-22)21(28)25-10-8-24(4-2)9-11-25/h5-7,17,23H,3-4,8-15,22H2,1-2H3/t17-/m0/s1. The molecule has 2 aliphatic rings. The lowest BCUT2D eigenvalue weighted by Crippen LogP contribution is -2.56. The molecule has 1 aromatic rings. The van der Waals surface area contributed by atoms with Crippen LogP contribution in [0.15, 0.2) is 23.1 Å². The molecule has 32 heavy (non-hydrogen) atoms. The number of sulfonamides is 1. The van der Waals surface area contributed by atoms with Gasteiger partial charge in [0.1, 0.15) is 12.6 Å². The summed E-state index contributed by atoms with van der Waals surface area (Å²) >= 11 is 0. The number of anilines is 1. The molecule has 178 valence electrons. The van der Waals surface area contributed by atoms with E-state index in [2.05, 4.69) is 16.5 Å². The van der Waals surface area contributed by atoms with Gasteiger partial charge in [0.05, 0.1) is 11.5 Å². The lowest BCUT2D eigenvalue weighted by molar-refractivity contribution is -0.134. The van der Waals surface area contributed by atoms with Crippen LogP contribution in [0.25, 0.3) is 0 Å². The van der Waals surface area contributed by atoms with Gasteiger partial charge in [-0.2, -0.15) is 4.72 Å². The SMILES string of the molecule is CCc1c(N2CCOCC2=O)cccc1S(=O)(=O)N[C@@H](CN)C(=O)N1CCN(CC)CC1. The smallest absolute Gasteiger partial charge is 0.253 e. The van der Waals surface area contributed by atoms with E-state index >= 15 is 0 Å². The van der Waals surface area contributed by atoms with E-state index in [4.69, 9.17) is 10.5 Å². The minimum absolute atomic E-state index is 0.0343. The summed E-state index contributed by atoms with van der Waals surface area (Å²) in [5.74, 6) is -0.529. The number of hydrogen-bond donors (Lipinski definition) is 2. The molecule has 2 saturated heterocycles. The third-order valence-corrected chi connectivity index (χ3v) is 7.55. The molecule has 10 nitrogen and oxygen atoms in total. The van der Waals surface area contributed by atoms with Crippen molar-refractivity contribution in [2.24, 2.45) is 5.73 Å². The molecular weight excluding hydrogens is 434 g/mol. The Labute approximate surface area is 189 Å². The zero-order valence-electron chi connectivity index (χ0n) is 18.7. The molecule has 0 spiro atoms. The van der Waals surface area contributed by atoms with Crippen LogP contribution in [0.1, 0.15) is 19.4 Å². The zero-order valence-corrected chi connectivity index (χ0v) is 19.6. The number of nitrogens with one attached hydrogen (secondary N) is 1. The van der Waals surface area contributed by atoms with Crippen LogP contribution in [0.2, 0.25) is 0 Å². The fraction of sp³-hybridized carbons (Fsp3) is 0.619. The van der Waals surface area contributed by atoms with Gasteiger partial charge in [0.25, 0.3) is 5.91 Å². The Kier molecular flexibility index (Phi) is 8.23. The van der Waals surface area contributed by atoms with E-state index in [-0.39, 0.29) is 29.9 Å². The summed E-state index contributed by atoms with van der Waals surface area (Å²) < 4.78 is 34.3. The Morgan fingerprint density at radius 2 is 1.91 bits per heavy atom. The number of ether oxygens (including phenoxy) is 1. The maximum atomic E-state index is 13.3. The van der Waals surface area contributed by atoms with E-state index in [1.165, 1.54) is 6.07 Å². The Morgan fingerprint density at radius 1 is 1.19 bits per heavy atom. The van der Waals surface area contributed by atoms with E-state index in [0.29, 0.717) is 43.9 Å². The molecule has 2 aliphatic heterocycles. The van der Waals surface area contributed by atoms with E-state index in [1.54, 1.807) is 21.9 Å². The van der Waals surface area contributed by atoms with Crippen molar-refractivity contribution in [1.82, 2.24) is 14.5 Å². The third-order valence-electron chi connectivity index (χ3n) is 5.99. The fourth-order valence-corrected chi connectivity index (χ4v) is 5.67. The van der Waals surface area contributed by atoms with E-state index in [9.17, 15) is 18.0 Å². The van der Waals surface area contributed by atoms with Crippen LogP contribution < -0.4 is 15.4 Å². The van der Waals surface area contributed by atoms with Gasteiger partial charge in [-0.05, 0) is 30.7 Å². The van der Waals surface area contributed by atoms with Gasteiger partial charge < -0.3 is 25.2 Å². The van der Waals surface area contributed by atoms with Gasteiger partial charge >= 0.3 is 0 Å². The number of nitrogens with zero attached hydrogens (tertiary/aromatic N) is 3. The molecule has 0 radical (unpaired) electrons. The summed E-state index contributed by atoms with van der Waals surface area (Å²) in [4.78, 5) is 30.8. The van der Waals surface area contributed by atoms with E-state index in [0.717, 1.165) is 19.6 Å². The first-order chi connectivity index (χ1) is 15.3. The average molecular weight is 468 g/mol. The van der Waals surface area contributed by atoms with Crippen molar-refractivity contribution in [2.75, 3.05) is 63.9 Å². The molecule has 0 saturated carbocycles. The highest BCUT2D eigenvalue weighted by Crippen LogP contribution is 2.29. The van der Waals surface area contributed by atoms with Gasteiger partial charge in [-0.1, -0.05) is 19.9 Å². The second kappa shape index (κ2) is 10.7. The summed E-state index contributed by atoms with van der Waals surface area (Å²) in [6, 6.07) is 3.79. The maximum Gasteiger partial charge on any atom is 0.253 e. The number of amides is 2. The summed E-state index contributed by atoms with van der Waals surface area (Å²) in [6.07, 6.45) is 0.400. The van der Waals surface area contributed by atoms with Gasteiger partial charge in [0, 0.05) is 45.0 Å². The molecular formula is C21H33N5O5S. The van der Waals surface area contributed by atoms with Gasteiger partial charge in [0.15, 0.2) is 0 Å². The molecule has 3 rings (SSSR count). The predicted molar refractivity (Wildman–Crippen MR) is 121 cm³/mol.